The van der Waals surface area contributed by atoms with Gasteiger partial charge in [0.1, 0.15) is 12.3 Å². The molecular formula is C13H13N3O2. The number of benzene rings is 2. The number of carbonyl (C=O) groups excluding carboxylic acids is 1. The van der Waals surface area contributed by atoms with Crippen molar-refractivity contribution in [1.29, 1.82) is 0 Å². The number of hydrogen-bond donors (Lipinski definition) is 2. The summed E-state index contributed by atoms with van der Waals surface area (Å²) in [4.78, 5) is 15.1. The second-order valence-corrected chi connectivity index (χ2v) is 3.69. The molecule has 0 aliphatic carbocycles. The molecule has 92 valence electrons. The van der Waals surface area contributed by atoms with Gasteiger partial charge in [0, 0.05) is 5.39 Å². The van der Waals surface area contributed by atoms with Crippen molar-refractivity contribution in [2.24, 2.45) is 16.5 Å². The van der Waals surface area contributed by atoms with Crippen LogP contribution in [-0.2, 0) is 4.79 Å². The van der Waals surface area contributed by atoms with E-state index in [9.17, 15) is 4.79 Å². The van der Waals surface area contributed by atoms with Crippen molar-refractivity contribution in [1.82, 2.24) is 0 Å². The molecule has 0 aromatic heterocycles. The van der Waals surface area contributed by atoms with Crippen LogP contribution in [0.1, 0.15) is 0 Å². The fraction of sp³-hybridized carbons (Fsp3) is 0.0769. The molecule has 2 rings (SSSR count). The standard InChI is InChI=1S/C13H13N3O2/c14-13(15)16-8-12(17)18-11-7-3-5-9-4-1-2-6-10(9)11/h1-7H,8H2,(H4,14,15,16). The summed E-state index contributed by atoms with van der Waals surface area (Å²) in [7, 11) is 0. The maximum Gasteiger partial charge on any atom is 0.333 e. The summed E-state index contributed by atoms with van der Waals surface area (Å²) in [6.45, 7) is -0.189. The van der Waals surface area contributed by atoms with E-state index in [0.29, 0.717) is 5.75 Å². The van der Waals surface area contributed by atoms with Crippen LogP contribution in [0.5, 0.6) is 5.75 Å². The van der Waals surface area contributed by atoms with Gasteiger partial charge in [-0.3, -0.25) is 0 Å². The molecule has 0 radical (unpaired) electrons. The van der Waals surface area contributed by atoms with Crippen LogP contribution in [-0.4, -0.2) is 18.5 Å². The Balaban J connectivity index is 2.22. The van der Waals surface area contributed by atoms with Gasteiger partial charge in [-0.25, -0.2) is 9.79 Å². The molecule has 0 spiro atoms. The first-order valence-electron chi connectivity index (χ1n) is 5.40. The molecule has 0 bridgehead atoms. The number of rotatable bonds is 3. The van der Waals surface area contributed by atoms with Crippen molar-refractivity contribution in [2.45, 2.75) is 0 Å². The lowest BCUT2D eigenvalue weighted by molar-refractivity contribution is -0.132. The summed E-state index contributed by atoms with van der Waals surface area (Å²) in [6, 6.07) is 13.1. The third kappa shape index (κ3) is 2.76. The minimum Gasteiger partial charge on any atom is -0.424 e. The lowest BCUT2D eigenvalue weighted by atomic mass is 10.1. The van der Waals surface area contributed by atoms with Crippen molar-refractivity contribution >= 4 is 22.7 Å². The van der Waals surface area contributed by atoms with Crippen LogP contribution in [0, 0.1) is 0 Å². The number of ether oxygens (including phenoxy) is 1. The molecule has 0 amide bonds. The number of aliphatic imine (C=N–C) groups is 1. The Morgan fingerprint density at radius 3 is 2.61 bits per heavy atom. The molecule has 2 aromatic carbocycles. The predicted octanol–water partition coefficient (Wildman–Crippen LogP) is 1.02. The third-order valence-corrected chi connectivity index (χ3v) is 2.36. The molecule has 0 aliphatic heterocycles. The molecule has 0 saturated heterocycles. The largest absolute Gasteiger partial charge is 0.424 e. The summed E-state index contributed by atoms with van der Waals surface area (Å²) >= 11 is 0. The van der Waals surface area contributed by atoms with E-state index in [4.69, 9.17) is 16.2 Å². The fourth-order valence-electron chi connectivity index (χ4n) is 1.60. The molecule has 0 heterocycles. The molecule has 0 atom stereocenters. The quantitative estimate of drug-likeness (QED) is 0.364. The Hall–Kier alpha value is -2.56. The lowest BCUT2D eigenvalue weighted by Gasteiger charge is -2.06. The van der Waals surface area contributed by atoms with Gasteiger partial charge in [0.15, 0.2) is 5.96 Å². The van der Waals surface area contributed by atoms with Crippen LogP contribution < -0.4 is 16.2 Å². The highest BCUT2D eigenvalue weighted by atomic mass is 16.5. The average Bonchev–Trinajstić information content (AvgIpc) is 2.37. The smallest absolute Gasteiger partial charge is 0.333 e. The van der Waals surface area contributed by atoms with E-state index in [1.165, 1.54) is 0 Å². The minimum atomic E-state index is -0.500. The van der Waals surface area contributed by atoms with Crippen molar-refractivity contribution in [3.63, 3.8) is 0 Å². The highest BCUT2D eigenvalue weighted by Gasteiger charge is 2.07. The highest BCUT2D eigenvalue weighted by molar-refractivity contribution is 5.91. The number of fused-ring (bicyclic) bond motifs is 1. The molecule has 5 nitrogen and oxygen atoms in total. The molecule has 0 aliphatic rings. The molecule has 5 heteroatoms. The van der Waals surface area contributed by atoms with E-state index in [1.54, 1.807) is 6.07 Å². The Morgan fingerprint density at radius 1 is 1.11 bits per heavy atom. The molecule has 0 fully saturated rings. The predicted molar refractivity (Wildman–Crippen MR) is 70.3 cm³/mol. The fourth-order valence-corrected chi connectivity index (χ4v) is 1.60. The van der Waals surface area contributed by atoms with E-state index < -0.39 is 5.97 Å². The number of hydrogen-bond acceptors (Lipinski definition) is 3. The van der Waals surface area contributed by atoms with Crippen LogP contribution in [0.2, 0.25) is 0 Å². The lowest BCUT2D eigenvalue weighted by Crippen LogP contribution is -2.25. The van der Waals surface area contributed by atoms with E-state index >= 15 is 0 Å². The molecule has 0 saturated carbocycles. The van der Waals surface area contributed by atoms with Crippen LogP contribution in [0.25, 0.3) is 10.8 Å². The maximum absolute atomic E-state index is 11.5. The Morgan fingerprint density at radius 2 is 1.83 bits per heavy atom. The van der Waals surface area contributed by atoms with E-state index in [0.717, 1.165) is 10.8 Å². The molecular weight excluding hydrogens is 230 g/mol. The van der Waals surface area contributed by atoms with Crippen molar-refractivity contribution in [2.75, 3.05) is 6.54 Å². The van der Waals surface area contributed by atoms with Gasteiger partial charge in [0.05, 0.1) is 0 Å². The maximum atomic E-state index is 11.5. The van der Waals surface area contributed by atoms with Gasteiger partial charge >= 0.3 is 5.97 Å². The monoisotopic (exact) mass is 243 g/mol. The zero-order valence-corrected chi connectivity index (χ0v) is 9.67. The first-order valence-corrected chi connectivity index (χ1v) is 5.40. The summed E-state index contributed by atoms with van der Waals surface area (Å²) in [5.41, 5.74) is 10.3. The van der Waals surface area contributed by atoms with Crippen molar-refractivity contribution in [3.05, 3.63) is 42.5 Å². The summed E-state index contributed by atoms with van der Waals surface area (Å²) in [5.74, 6) is -0.131. The summed E-state index contributed by atoms with van der Waals surface area (Å²) < 4.78 is 5.22. The van der Waals surface area contributed by atoms with Gasteiger partial charge < -0.3 is 16.2 Å². The van der Waals surface area contributed by atoms with Crippen LogP contribution >= 0.6 is 0 Å². The van der Waals surface area contributed by atoms with E-state index in [2.05, 4.69) is 4.99 Å². The molecule has 2 aromatic rings. The van der Waals surface area contributed by atoms with Crippen LogP contribution in [0.3, 0.4) is 0 Å². The number of carbonyl (C=O) groups is 1. The van der Waals surface area contributed by atoms with Gasteiger partial charge in [0.25, 0.3) is 0 Å². The number of nitrogens with zero attached hydrogens (tertiary/aromatic N) is 1. The zero-order valence-electron chi connectivity index (χ0n) is 9.67. The van der Waals surface area contributed by atoms with Crippen molar-refractivity contribution in [3.8, 4) is 5.75 Å². The third-order valence-electron chi connectivity index (χ3n) is 2.36. The second kappa shape index (κ2) is 5.18. The normalized spacial score (nSPS) is 10.0. The first kappa shape index (κ1) is 11.9. The van der Waals surface area contributed by atoms with Crippen molar-refractivity contribution < 1.29 is 9.53 Å². The Labute approximate surface area is 104 Å². The second-order valence-electron chi connectivity index (χ2n) is 3.69. The average molecular weight is 243 g/mol. The van der Waals surface area contributed by atoms with Gasteiger partial charge in [-0.05, 0) is 11.5 Å². The first-order chi connectivity index (χ1) is 8.66. The SMILES string of the molecule is NC(N)=NCC(=O)Oc1cccc2ccccc12. The molecule has 4 N–H and O–H groups in total. The molecule has 0 unspecified atom stereocenters. The van der Waals surface area contributed by atoms with E-state index in [1.807, 2.05) is 36.4 Å². The van der Waals surface area contributed by atoms with Crippen LogP contribution in [0.4, 0.5) is 0 Å². The van der Waals surface area contributed by atoms with Gasteiger partial charge in [-0.1, -0.05) is 36.4 Å². The van der Waals surface area contributed by atoms with Gasteiger partial charge in [-0.15, -0.1) is 0 Å². The minimum absolute atomic E-state index is 0.134. The van der Waals surface area contributed by atoms with E-state index in [-0.39, 0.29) is 12.5 Å². The Kier molecular flexibility index (Phi) is 3.43. The molecule has 18 heavy (non-hydrogen) atoms. The van der Waals surface area contributed by atoms with Gasteiger partial charge in [0.2, 0.25) is 0 Å². The summed E-state index contributed by atoms with van der Waals surface area (Å²) in [5, 5.41) is 1.88. The highest BCUT2D eigenvalue weighted by Crippen LogP contribution is 2.25. The van der Waals surface area contributed by atoms with Gasteiger partial charge in [-0.2, -0.15) is 0 Å². The topological polar surface area (TPSA) is 90.7 Å². The zero-order chi connectivity index (χ0) is 13.0. The number of nitrogens with two attached hydrogens (primary N) is 2. The summed E-state index contributed by atoms with van der Waals surface area (Å²) in [6.07, 6.45) is 0. The number of guanidine groups is 1. The van der Waals surface area contributed by atoms with Crippen LogP contribution in [0.15, 0.2) is 47.5 Å². The Bertz CT molecular complexity index is 599. The number of esters is 1.